The summed E-state index contributed by atoms with van der Waals surface area (Å²) in [6.45, 7) is 4.20. The van der Waals surface area contributed by atoms with Gasteiger partial charge in [0, 0.05) is 5.56 Å². The van der Waals surface area contributed by atoms with Gasteiger partial charge in [0.1, 0.15) is 5.01 Å². The van der Waals surface area contributed by atoms with Crippen LogP contribution in [-0.4, -0.2) is 20.2 Å². The number of nitrogens with zero attached hydrogens (tertiary/aromatic N) is 2. The average Bonchev–Trinajstić information content (AvgIpc) is 3.05. The van der Waals surface area contributed by atoms with Crippen molar-refractivity contribution in [2.45, 2.75) is 20.3 Å². The first-order valence-electron chi connectivity index (χ1n) is 6.39. The summed E-state index contributed by atoms with van der Waals surface area (Å²) in [6.07, 6.45) is 0.866. The molecule has 20 heavy (non-hydrogen) atoms. The Morgan fingerprint density at radius 3 is 2.65 bits per heavy atom. The van der Waals surface area contributed by atoms with Crippen LogP contribution >= 0.6 is 23.6 Å². The minimum Gasteiger partial charge on any atom is -0.281 e. The zero-order valence-corrected chi connectivity index (χ0v) is 12.9. The van der Waals surface area contributed by atoms with Gasteiger partial charge in [-0.05, 0) is 31.1 Å². The van der Waals surface area contributed by atoms with Crippen molar-refractivity contribution in [3.63, 3.8) is 0 Å². The van der Waals surface area contributed by atoms with E-state index in [-0.39, 0.29) is 0 Å². The minimum atomic E-state index is 0.466. The van der Waals surface area contributed by atoms with E-state index in [0.717, 1.165) is 27.8 Å². The maximum absolute atomic E-state index is 5.02. The number of aryl methyl sites for hydroxylation is 2. The molecule has 0 saturated heterocycles. The van der Waals surface area contributed by atoms with E-state index in [9.17, 15) is 0 Å². The number of benzene rings is 1. The van der Waals surface area contributed by atoms with Gasteiger partial charge in [0.25, 0.3) is 0 Å². The first kappa shape index (κ1) is 13.2. The van der Waals surface area contributed by atoms with E-state index < -0.39 is 0 Å². The molecule has 0 bridgehead atoms. The molecule has 0 amide bonds. The molecule has 2 N–H and O–H groups in total. The first-order valence-corrected chi connectivity index (χ1v) is 7.62. The molecule has 0 aliphatic rings. The lowest BCUT2D eigenvalue weighted by molar-refractivity contribution is 1.05. The number of aromatic nitrogens is 4. The second kappa shape index (κ2) is 5.30. The van der Waals surface area contributed by atoms with E-state index in [0.29, 0.717) is 4.77 Å². The molecule has 4 nitrogen and oxygen atoms in total. The fourth-order valence-corrected chi connectivity index (χ4v) is 3.41. The molecule has 1 aromatic carbocycles. The average molecular weight is 302 g/mol. The summed E-state index contributed by atoms with van der Waals surface area (Å²) in [6, 6.07) is 8.28. The van der Waals surface area contributed by atoms with Crippen LogP contribution in [0.1, 0.15) is 18.2 Å². The molecule has 0 saturated carbocycles. The van der Waals surface area contributed by atoms with Gasteiger partial charge in [0.15, 0.2) is 5.82 Å². The van der Waals surface area contributed by atoms with Crippen molar-refractivity contribution in [2.24, 2.45) is 0 Å². The number of nitrogens with one attached hydrogen (secondary N) is 2. The molecular weight excluding hydrogens is 288 g/mol. The molecule has 0 fully saturated rings. The zero-order valence-electron chi connectivity index (χ0n) is 11.2. The Labute approximate surface area is 125 Å². The highest BCUT2D eigenvalue weighted by molar-refractivity contribution is 7.71. The van der Waals surface area contributed by atoms with E-state index in [1.807, 2.05) is 12.1 Å². The van der Waals surface area contributed by atoms with Crippen LogP contribution in [0.2, 0.25) is 0 Å². The predicted molar refractivity (Wildman–Crippen MR) is 84.4 cm³/mol. The number of rotatable bonds is 3. The van der Waals surface area contributed by atoms with Gasteiger partial charge in [-0.2, -0.15) is 4.98 Å². The third kappa shape index (κ3) is 2.32. The molecule has 0 aliphatic heterocycles. The minimum absolute atomic E-state index is 0.466. The van der Waals surface area contributed by atoms with Crippen LogP contribution in [0, 0.1) is 11.7 Å². The highest BCUT2D eigenvalue weighted by Gasteiger charge is 2.16. The van der Waals surface area contributed by atoms with Crippen LogP contribution < -0.4 is 0 Å². The highest BCUT2D eigenvalue weighted by Crippen LogP contribution is 2.35. The van der Waals surface area contributed by atoms with Gasteiger partial charge < -0.3 is 0 Å². The lowest BCUT2D eigenvalue weighted by atomic mass is 10.1. The van der Waals surface area contributed by atoms with Crippen LogP contribution in [0.5, 0.6) is 0 Å². The Hall–Kier alpha value is -1.79. The van der Waals surface area contributed by atoms with Crippen LogP contribution in [-0.2, 0) is 6.42 Å². The van der Waals surface area contributed by atoms with Crippen molar-refractivity contribution in [3.8, 4) is 21.3 Å². The molecule has 3 rings (SSSR count). The van der Waals surface area contributed by atoms with Crippen molar-refractivity contribution >= 4 is 23.6 Å². The Morgan fingerprint density at radius 1 is 1.20 bits per heavy atom. The summed E-state index contributed by atoms with van der Waals surface area (Å²) in [5, 5.41) is 6.87. The largest absolute Gasteiger partial charge is 0.281 e. The number of H-pyrrole nitrogens is 2. The quantitative estimate of drug-likeness (QED) is 0.715. The van der Waals surface area contributed by atoms with E-state index >= 15 is 0 Å². The summed E-state index contributed by atoms with van der Waals surface area (Å²) < 4.78 is 0.466. The molecule has 2 aromatic heterocycles. The van der Waals surface area contributed by atoms with Gasteiger partial charge >= 0.3 is 0 Å². The first-order chi connectivity index (χ1) is 9.69. The molecule has 6 heteroatoms. The standard InChI is InChI=1S/C14H14N4S2/c1-3-10-11(12-16-14(19)18-17-12)20-13(15-10)9-7-5-4-6-8(9)2/h4-7H,3H2,1-2H3,(H2,16,17,18,19). The molecule has 3 aromatic rings. The van der Waals surface area contributed by atoms with Gasteiger partial charge in [-0.15, -0.1) is 11.3 Å². The Balaban J connectivity index is 2.14. The Kier molecular flexibility index (Phi) is 3.50. The van der Waals surface area contributed by atoms with Crippen LogP contribution in [0.15, 0.2) is 24.3 Å². The van der Waals surface area contributed by atoms with Crippen LogP contribution in [0.4, 0.5) is 0 Å². The zero-order chi connectivity index (χ0) is 14.1. The van der Waals surface area contributed by atoms with Crippen molar-refractivity contribution in [1.29, 1.82) is 0 Å². The van der Waals surface area contributed by atoms with Gasteiger partial charge in [0.2, 0.25) is 4.77 Å². The summed E-state index contributed by atoms with van der Waals surface area (Å²) in [7, 11) is 0. The molecule has 102 valence electrons. The smallest absolute Gasteiger partial charge is 0.213 e. The number of hydrogen-bond donors (Lipinski definition) is 2. The van der Waals surface area contributed by atoms with Gasteiger partial charge in [-0.25, -0.2) is 4.98 Å². The van der Waals surface area contributed by atoms with Gasteiger partial charge in [-0.1, -0.05) is 31.2 Å². The monoisotopic (exact) mass is 302 g/mol. The Bertz CT molecular complexity index is 797. The van der Waals surface area contributed by atoms with Crippen LogP contribution in [0.25, 0.3) is 21.3 Å². The topological polar surface area (TPSA) is 57.4 Å². The van der Waals surface area contributed by atoms with E-state index in [1.54, 1.807) is 11.3 Å². The maximum atomic E-state index is 5.02. The SMILES string of the molecule is CCc1nc(-c2ccccc2C)sc1-c1nc(=S)[nH][nH]1. The fraction of sp³-hybridized carbons (Fsp3) is 0.214. The molecule has 2 heterocycles. The lowest BCUT2D eigenvalue weighted by Gasteiger charge is -1.99. The van der Waals surface area contributed by atoms with Gasteiger partial charge in [-0.3, -0.25) is 10.2 Å². The second-order valence-electron chi connectivity index (χ2n) is 4.48. The molecular formula is C14H14N4S2. The highest BCUT2D eigenvalue weighted by atomic mass is 32.1. The summed E-state index contributed by atoms with van der Waals surface area (Å²) in [5.41, 5.74) is 3.45. The molecule has 0 spiro atoms. The number of thiazole rings is 1. The maximum Gasteiger partial charge on any atom is 0.213 e. The fourth-order valence-electron chi connectivity index (χ4n) is 2.08. The third-order valence-electron chi connectivity index (χ3n) is 3.12. The Morgan fingerprint density at radius 2 is 2.00 bits per heavy atom. The summed E-state index contributed by atoms with van der Waals surface area (Å²) >= 11 is 6.67. The predicted octanol–water partition coefficient (Wildman–Crippen LogP) is 4.13. The summed E-state index contributed by atoms with van der Waals surface area (Å²) in [5.74, 6) is 0.768. The molecule has 0 unspecified atom stereocenters. The second-order valence-corrected chi connectivity index (χ2v) is 5.86. The number of hydrogen-bond acceptors (Lipinski definition) is 4. The van der Waals surface area contributed by atoms with Crippen molar-refractivity contribution < 1.29 is 0 Å². The van der Waals surface area contributed by atoms with Gasteiger partial charge in [0.05, 0.1) is 10.6 Å². The normalized spacial score (nSPS) is 10.9. The van der Waals surface area contributed by atoms with Crippen molar-refractivity contribution in [1.82, 2.24) is 20.2 Å². The summed E-state index contributed by atoms with van der Waals surface area (Å²) in [4.78, 5) is 10.1. The van der Waals surface area contributed by atoms with Crippen molar-refractivity contribution in [3.05, 3.63) is 40.3 Å². The molecule has 0 aliphatic carbocycles. The lowest BCUT2D eigenvalue weighted by Crippen LogP contribution is -1.86. The van der Waals surface area contributed by atoms with Crippen LogP contribution in [0.3, 0.4) is 0 Å². The van der Waals surface area contributed by atoms with E-state index in [4.69, 9.17) is 17.2 Å². The van der Waals surface area contributed by atoms with E-state index in [1.165, 1.54) is 11.1 Å². The molecule has 0 radical (unpaired) electrons. The van der Waals surface area contributed by atoms with E-state index in [2.05, 4.69) is 41.2 Å². The third-order valence-corrected chi connectivity index (χ3v) is 4.45. The molecule has 0 atom stereocenters. The van der Waals surface area contributed by atoms with Crippen molar-refractivity contribution in [2.75, 3.05) is 0 Å². The number of aromatic amines is 2.